The predicted octanol–water partition coefficient (Wildman–Crippen LogP) is 2.01. The van der Waals surface area contributed by atoms with Crippen LogP contribution in [0, 0.1) is 5.82 Å². The molecule has 6 heteroatoms. The quantitative estimate of drug-likeness (QED) is 0.869. The Bertz CT molecular complexity index is 454. The smallest absolute Gasteiger partial charge is 0.317 e. The molecule has 0 radical (unpaired) electrons. The lowest BCUT2D eigenvalue weighted by Crippen LogP contribution is -2.43. The normalized spacial score (nSPS) is 11.8. The SMILES string of the molecule is COCC(C)NC(=O)N(C)Cc1ccc(OC)c(F)c1. The Kier molecular flexibility index (Phi) is 6.24. The Balaban J connectivity index is 2.59. The summed E-state index contributed by atoms with van der Waals surface area (Å²) in [6.45, 7) is 2.60. The van der Waals surface area contributed by atoms with Crippen LogP contribution < -0.4 is 10.1 Å². The summed E-state index contributed by atoms with van der Waals surface area (Å²) in [7, 11) is 4.64. The lowest BCUT2D eigenvalue weighted by Gasteiger charge is -2.21. The minimum Gasteiger partial charge on any atom is -0.494 e. The van der Waals surface area contributed by atoms with Gasteiger partial charge < -0.3 is 19.7 Å². The first-order chi connectivity index (χ1) is 9.47. The van der Waals surface area contributed by atoms with E-state index >= 15 is 0 Å². The van der Waals surface area contributed by atoms with Gasteiger partial charge in [0, 0.05) is 20.7 Å². The average Bonchev–Trinajstić information content (AvgIpc) is 2.39. The van der Waals surface area contributed by atoms with E-state index in [2.05, 4.69) is 5.32 Å². The maximum atomic E-state index is 13.6. The summed E-state index contributed by atoms with van der Waals surface area (Å²) in [5.41, 5.74) is 0.695. The first-order valence-corrected chi connectivity index (χ1v) is 6.31. The maximum Gasteiger partial charge on any atom is 0.317 e. The largest absolute Gasteiger partial charge is 0.494 e. The van der Waals surface area contributed by atoms with E-state index in [4.69, 9.17) is 9.47 Å². The summed E-state index contributed by atoms with van der Waals surface area (Å²) in [5.74, 6) is -0.249. The van der Waals surface area contributed by atoms with Crippen LogP contribution in [-0.2, 0) is 11.3 Å². The molecule has 0 aliphatic heterocycles. The highest BCUT2D eigenvalue weighted by molar-refractivity contribution is 5.74. The van der Waals surface area contributed by atoms with Gasteiger partial charge in [-0.25, -0.2) is 9.18 Å². The molecule has 1 rings (SSSR count). The van der Waals surface area contributed by atoms with Gasteiger partial charge in [-0.05, 0) is 24.6 Å². The van der Waals surface area contributed by atoms with Crippen LogP contribution in [0.15, 0.2) is 18.2 Å². The van der Waals surface area contributed by atoms with Crippen LogP contribution >= 0.6 is 0 Å². The highest BCUT2D eigenvalue weighted by Gasteiger charge is 2.13. The van der Waals surface area contributed by atoms with Gasteiger partial charge in [-0.3, -0.25) is 0 Å². The topological polar surface area (TPSA) is 50.8 Å². The molecule has 1 aromatic rings. The summed E-state index contributed by atoms with van der Waals surface area (Å²) in [5, 5.41) is 2.78. The summed E-state index contributed by atoms with van der Waals surface area (Å²) in [6.07, 6.45) is 0. The first kappa shape index (κ1) is 16.2. The van der Waals surface area contributed by atoms with Crippen LogP contribution in [0.5, 0.6) is 5.75 Å². The van der Waals surface area contributed by atoms with Crippen molar-refractivity contribution in [2.24, 2.45) is 0 Å². The number of nitrogens with one attached hydrogen (secondary N) is 1. The second kappa shape index (κ2) is 7.69. The number of hydrogen-bond acceptors (Lipinski definition) is 3. The van der Waals surface area contributed by atoms with Crippen molar-refractivity contribution in [2.75, 3.05) is 27.9 Å². The van der Waals surface area contributed by atoms with Crippen molar-refractivity contribution < 1.29 is 18.7 Å². The Morgan fingerprint density at radius 1 is 1.45 bits per heavy atom. The summed E-state index contributed by atoms with van der Waals surface area (Å²) >= 11 is 0. The van der Waals surface area contributed by atoms with Crippen LogP contribution in [0.3, 0.4) is 0 Å². The van der Waals surface area contributed by atoms with Crippen molar-refractivity contribution in [3.05, 3.63) is 29.6 Å². The second-order valence-electron chi connectivity index (χ2n) is 4.63. The molecule has 0 bridgehead atoms. The van der Waals surface area contributed by atoms with Gasteiger partial charge in [0.1, 0.15) is 0 Å². The second-order valence-corrected chi connectivity index (χ2v) is 4.63. The molecular weight excluding hydrogens is 263 g/mol. The molecule has 0 saturated carbocycles. The van der Waals surface area contributed by atoms with Gasteiger partial charge >= 0.3 is 6.03 Å². The molecule has 0 spiro atoms. The standard InChI is InChI=1S/C14H21FN2O3/c1-10(9-19-3)16-14(18)17(2)8-11-5-6-13(20-4)12(15)7-11/h5-7,10H,8-9H2,1-4H3,(H,16,18). The summed E-state index contributed by atoms with van der Waals surface area (Å²) in [6, 6.07) is 4.32. The van der Waals surface area contributed by atoms with E-state index in [-0.39, 0.29) is 17.8 Å². The van der Waals surface area contributed by atoms with Crippen molar-refractivity contribution in [3.8, 4) is 5.75 Å². The lowest BCUT2D eigenvalue weighted by atomic mass is 10.2. The van der Waals surface area contributed by atoms with Crippen molar-refractivity contribution in [1.82, 2.24) is 10.2 Å². The number of benzene rings is 1. The molecule has 0 fully saturated rings. The highest BCUT2D eigenvalue weighted by Crippen LogP contribution is 2.18. The van der Waals surface area contributed by atoms with E-state index in [0.29, 0.717) is 18.7 Å². The van der Waals surface area contributed by atoms with Crippen molar-refractivity contribution >= 4 is 6.03 Å². The molecule has 0 aliphatic carbocycles. The molecule has 20 heavy (non-hydrogen) atoms. The predicted molar refractivity (Wildman–Crippen MR) is 74.3 cm³/mol. The molecule has 0 aromatic heterocycles. The molecular formula is C14H21FN2O3. The van der Waals surface area contributed by atoms with Gasteiger partial charge in [0.15, 0.2) is 11.6 Å². The van der Waals surface area contributed by atoms with Gasteiger partial charge in [0.05, 0.1) is 19.8 Å². The van der Waals surface area contributed by atoms with Crippen LogP contribution in [0.25, 0.3) is 0 Å². The fourth-order valence-electron chi connectivity index (χ4n) is 1.77. The monoisotopic (exact) mass is 284 g/mol. The van der Waals surface area contributed by atoms with E-state index < -0.39 is 5.82 Å². The minimum atomic E-state index is -0.438. The number of halogens is 1. The van der Waals surface area contributed by atoms with Crippen LogP contribution in [-0.4, -0.2) is 44.8 Å². The van der Waals surface area contributed by atoms with Crippen molar-refractivity contribution in [1.29, 1.82) is 0 Å². The molecule has 1 atom stereocenters. The number of urea groups is 1. The van der Waals surface area contributed by atoms with Gasteiger partial charge in [0.25, 0.3) is 0 Å². The molecule has 112 valence electrons. The number of ether oxygens (including phenoxy) is 2. The van der Waals surface area contributed by atoms with Crippen molar-refractivity contribution in [3.63, 3.8) is 0 Å². The summed E-state index contributed by atoms with van der Waals surface area (Å²) < 4.78 is 23.3. The Morgan fingerprint density at radius 2 is 2.15 bits per heavy atom. The van der Waals surface area contributed by atoms with E-state index in [0.717, 1.165) is 0 Å². The van der Waals surface area contributed by atoms with Crippen molar-refractivity contribution in [2.45, 2.75) is 19.5 Å². The number of methoxy groups -OCH3 is 2. The zero-order chi connectivity index (χ0) is 15.1. The van der Waals surface area contributed by atoms with Gasteiger partial charge in [0.2, 0.25) is 0 Å². The fraction of sp³-hybridized carbons (Fsp3) is 0.500. The third kappa shape index (κ3) is 4.70. The van der Waals surface area contributed by atoms with E-state index in [1.165, 1.54) is 18.1 Å². The van der Waals surface area contributed by atoms with E-state index in [1.807, 2.05) is 6.92 Å². The number of amides is 2. The number of carbonyl (C=O) groups is 1. The molecule has 2 amide bonds. The molecule has 0 heterocycles. The van der Waals surface area contributed by atoms with E-state index in [1.54, 1.807) is 26.3 Å². The number of rotatable bonds is 6. The average molecular weight is 284 g/mol. The Morgan fingerprint density at radius 3 is 2.70 bits per heavy atom. The Hall–Kier alpha value is -1.82. The fourth-order valence-corrected chi connectivity index (χ4v) is 1.77. The van der Waals surface area contributed by atoms with Crippen LogP contribution in [0.2, 0.25) is 0 Å². The van der Waals surface area contributed by atoms with Crippen LogP contribution in [0.4, 0.5) is 9.18 Å². The molecule has 5 nitrogen and oxygen atoms in total. The number of carbonyl (C=O) groups excluding carboxylic acids is 1. The maximum absolute atomic E-state index is 13.6. The van der Waals surface area contributed by atoms with Gasteiger partial charge in [-0.15, -0.1) is 0 Å². The van der Waals surface area contributed by atoms with Crippen LogP contribution in [0.1, 0.15) is 12.5 Å². The summed E-state index contributed by atoms with van der Waals surface area (Å²) in [4.78, 5) is 13.4. The highest BCUT2D eigenvalue weighted by atomic mass is 19.1. The molecule has 1 unspecified atom stereocenters. The lowest BCUT2D eigenvalue weighted by molar-refractivity contribution is 0.162. The first-order valence-electron chi connectivity index (χ1n) is 6.31. The third-order valence-electron chi connectivity index (χ3n) is 2.77. The zero-order valence-corrected chi connectivity index (χ0v) is 12.3. The Labute approximate surface area is 118 Å². The van der Waals surface area contributed by atoms with Gasteiger partial charge in [-0.2, -0.15) is 0 Å². The van der Waals surface area contributed by atoms with Gasteiger partial charge in [-0.1, -0.05) is 6.07 Å². The number of nitrogens with zero attached hydrogens (tertiary/aromatic N) is 1. The van der Waals surface area contributed by atoms with E-state index in [9.17, 15) is 9.18 Å². The zero-order valence-electron chi connectivity index (χ0n) is 12.3. The number of hydrogen-bond donors (Lipinski definition) is 1. The minimum absolute atomic E-state index is 0.0810. The molecule has 0 aliphatic rings. The third-order valence-corrected chi connectivity index (χ3v) is 2.77. The molecule has 0 saturated heterocycles. The molecule has 1 N–H and O–H groups in total. The molecule has 1 aromatic carbocycles.